The Morgan fingerprint density at radius 1 is 1.29 bits per heavy atom. The Balaban J connectivity index is 0.000000140. The molecule has 3 nitrogen and oxygen atoms in total. The summed E-state index contributed by atoms with van der Waals surface area (Å²) in [6.07, 6.45) is -0.597. The lowest BCUT2D eigenvalue weighted by molar-refractivity contribution is 0.121. The predicted octanol–water partition coefficient (Wildman–Crippen LogP) is 2.54. The number of ether oxygens (including phenoxy) is 2. The first kappa shape index (κ1) is 10.6. The van der Waals surface area contributed by atoms with Crippen LogP contribution in [0.4, 0.5) is 4.79 Å². The number of carbonyl (C=O) groups excluding carboxylic acids is 1. The first-order valence-corrected chi connectivity index (χ1v) is 4.53. The van der Waals surface area contributed by atoms with Gasteiger partial charge in [-0.15, -0.1) is 0 Å². The highest BCUT2D eigenvalue weighted by Crippen LogP contribution is 2.02. The average Bonchev–Trinajstić information content (AvgIpc) is 2.52. The molecule has 1 saturated heterocycles. The van der Waals surface area contributed by atoms with Gasteiger partial charge in [-0.1, -0.05) is 35.9 Å². The molecule has 0 saturated carbocycles. The van der Waals surface area contributed by atoms with E-state index in [9.17, 15) is 4.79 Å². The fraction of sp³-hybridized carbons (Fsp3) is 0.364. The topological polar surface area (TPSA) is 35.5 Å². The van der Waals surface area contributed by atoms with Crippen LogP contribution in [0.2, 0.25) is 0 Å². The number of aryl methyl sites for hydroxylation is 1. The van der Waals surface area contributed by atoms with Gasteiger partial charge in [-0.25, -0.2) is 4.79 Å². The molecule has 0 aliphatic carbocycles. The Morgan fingerprint density at radius 3 is 2.14 bits per heavy atom. The van der Waals surface area contributed by atoms with Crippen molar-refractivity contribution in [3.63, 3.8) is 0 Å². The van der Waals surface area contributed by atoms with Crippen LogP contribution in [0.1, 0.15) is 12.5 Å². The van der Waals surface area contributed by atoms with Gasteiger partial charge in [-0.2, -0.15) is 0 Å². The minimum atomic E-state index is -0.549. The van der Waals surface area contributed by atoms with Crippen LogP contribution in [0, 0.1) is 6.92 Å². The van der Waals surface area contributed by atoms with E-state index in [0.717, 1.165) is 0 Å². The van der Waals surface area contributed by atoms with E-state index in [1.807, 2.05) is 18.2 Å². The minimum Gasteiger partial charge on any atom is -0.430 e. The summed E-state index contributed by atoms with van der Waals surface area (Å²) < 4.78 is 8.90. The highest BCUT2D eigenvalue weighted by atomic mass is 16.8. The summed E-state index contributed by atoms with van der Waals surface area (Å²) in [5.74, 6) is 0. The lowest BCUT2D eigenvalue weighted by atomic mass is 10.2. The smallest absolute Gasteiger partial charge is 0.430 e. The molecule has 3 heteroatoms. The van der Waals surface area contributed by atoms with Crippen LogP contribution < -0.4 is 0 Å². The van der Waals surface area contributed by atoms with Crippen molar-refractivity contribution in [3.8, 4) is 0 Å². The van der Waals surface area contributed by atoms with E-state index in [4.69, 9.17) is 0 Å². The van der Waals surface area contributed by atoms with Gasteiger partial charge in [0.25, 0.3) is 0 Å². The number of rotatable bonds is 0. The van der Waals surface area contributed by atoms with E-state index < -0.39 is 6.16 Å². The number of carbonyl (C=O) groups is 1. The summed E-state index contributed by atoms with van der Waals surface area (Å²) in [7, 11) is 0. The van der Waals surface area contributed by atoms with Gasteiger partial charge < -0.3 is 9.47 Å². The maximum absolute atomic E-state index is 10.0. The van der Waals surface area contributed by atoms with E-state index in [1.54, 1.807) is 6.92 Å². The summed E-state index contributed by atoms with van der Waals surface area (Å²) in [5.41, 5.74) is 1.32. The van der Waals surface area contributed by atoms with Crippen molar-refractivity contribution in [1.29, 1.82) is 0 Å². The first-order valence-electron chi connectivity index (χ1n) is 4.53. The van der Waals surface area contributed by atoms with Crippen molar-refractivity contribution >= 4 is 6.16 Å². The molecule has 14 heavy (non-hydrogen) atoms. The Morgan fingerprint density at radius 2 is 1.93 bits per heavy atom. The summed E-state index contributed by atoms with van der Waals surface area (Å²) in [5, 5.41) is 0. The summed E-state index contributed by atoms with van der Waals surface area (Å²) in [6.45, 7) is 4.27. The molecule has 0 spiro atoms. The van der Waals surface area contributed by atoms with E-state index in [1.165, 1.54) is 5.56 Å². The number of cyclic esters (lactones) is 2. The number of benzene rings is 1. The lowest BCUT2D eigenvalue weighted by Crippen LogP contribution is -2.01. The summed E-state index contributed by atoms with van der Waals surface area (Å²) in [4.78, 5) is 10.0. The normalized spacial score (nSPS) is 19.0. The molecule has 1 fully saturated rings. The quantitative estimate of drug-likeness (QED) is 0.595. The largest absolute Gasteiger partial charge is 0.508 e. The fourth-order valence-corrected chi connectivity index (χ4v) is 0.952. The molecule has 1 atom stereocenters. The molecule has 1 aromatic rings. The van der Waals surface area contributed by atoms with E-state index in [2.05, 4.69) is 28.5 Å². The zero-order valence-corrected chi connectivity index (χ0v) is 8.40. The zero-order valence-electron chi connectivity index (χ0n) is 8.40. The van der Waals surface area contributed by atoms with Crippen LogP contribution in [0.3, 0.4) is 0 Å². The standard InChI is InChI=1S/C7H8.C4H6O3/c1-7-5-3-2-4-6-7;1-3-2-6-4(5)7-3/h2-6H,1H3;3H,2H2,1H3. The average molecular weight is 194 g/mol. The van der Waals surface area contributed by atoms with Crippen molar-refractivity contribution in [2.24, 2.45) is 0 Å². The van der Waals surface area contributed by atoms with Crippen molar-refractivity contribution in [2.75, 3.05) is 6.61 Å². The number of hydrogen-bond acceptors (Lipinski definition) is 3. The maximum Gasteiger partial charge on any atom is 0.508 e. The van der Waals surface area contributed by atoms with Crippen LogP contribution in [-0.4, -0.2) is 18.9 Å². The third kappa shape index (κ3) is 3.94. The molecule has 1 aromatic carbocycles. The van der Waals surface area contributed by atoms with Gasteiger partial charge in [0.2, 0.25) is 0 Å². The second-order valence-corrected chi connectivity index (χ2v) is 3.14. The van der Waals surface area contributed by atoms with Crippen molar-refractivity contribution in [1.82, 2.24) is 0 Å². The molecule has 1 aliphatic rings. The van der Waals surface area contributed by atoms with Crippen molar-refractivity contribution < 1.29 is 14.3 Å². The van der Waals surface area contributed by atoms with Gasteiger partial charge in [0.1, 0.15) is 12.7 Å². The van der Waals surface area contributed by atoms with Gasteiger partial charge in [0.05, 0.1) is 0 Å². The molecule has 0 N–H and O–H groups in total. The maximum atomic E-state index is 10.0. The number of hydrogen-bond donors (Lipinski definition) is 0. The lowest BCUT2D eigenvalue weighted by Gasteiger charge is -1.90. The highest BCUT2D eigenvalue weighted by Gasteiger charge is 2.19. The van der Waals surface area contributed by atoms with Crippen LogP contribution >= 0.6 is 0 Å². The molecular weight excluding hydrogens is 180 g/mol. The van der Waals surface area contributed by atoms with Gasteiger partial charge in [0.15, 0.2) is 0 Å². The fourth-order valence-electron chi connectivity index (χ4n) is 0.952. The molecule has 0 aromatic heterocycles. The molecule has 1 heterocycles. The molecular formula is C11H14O3. The second kappa shape index (κ2) is 5.27. The monoisotopic (exact) mass is 194 g/mol. The van der Waals surface area contributed by atoms with Crippen molar-refractivity contribution in [3.05, 3.63) is 35.9 Å². The van der Waals surface area contributed by atoms with E-state index in [-0.39, 0.29) is 6.10 Å². The summed E-state index contributed by atoms with van der Waals surface area (Å²) >= 11 is 0. The van der Waals surface area contributed by atoms with Crippen LogP contribution in [0.25, 0.3) is 0 Å². The summed E-state index contributed by atoms with van der Waals surface area (Å²) in [6, 6.07) is 10.3. The Bertz CT molecular complexity index is 282. The second-order valence-electron chi connectivity index (χ2n) is 3.14. The van der Waals surface area contributed by atoms with Gasteiger partial charge in [-0.3, -0.25) is 0 Å². The molecule has 1 unspecified atom stereocenters. The Labute approximate surface area is 83.6 Å². The van der Waals surface area contributed by atoms with Crippen LogP contribution in [-0.2, 0) is 9.47 Å². The Kier molecular flexibility index (Phi) is 3.98. The molecule has 0 radical (unpaired) electrons. The van der Waals surface area contributed by atoms with E-state index in [0.29, 0.717) is 6.61 Å². The van der Waals surface area contributed by atoms with Crippen molar-refractivity contribution in [2.45, 2.75) is 20.0 Å². The SMILES string of the molecule is CC1COC(=O)O1.Cc1ccccc1. The van der Waals surface area contributed by atoms with Gasteiger partial charge in [0, 0.05) is 0 Å². The van der Waals surface area contributed by atoms with Gasteiger partial charge >= 0.3 is 6.16 Å². The minimum absolute atomic E-state index is 0.0486. The molecule has 0 bridgehead atoms. The third-order valence-electron chi connectivity index (χ3n) is 1.67. The third-order valence-corrected chi connectivity index (χ3v) is 1.67. The predicted molar refractivity (Wildman–Crippen MR) is 53.1 cm³/mol. The van der Waals surface area contributed by atoms with Gasteiger partial charge in [-0.05, 0) is 13.8 Å². The molecule has 76 valence electrons. The molecule has 2 rings (SSSR count). The molecule has 0 amide bonds. The first-order chi connectivity index (χ1) is 6.68. The molecule has 1 aliphatic heterocycles. The van der Waals surface area contributed by atoms with Crippen LogP contribution in [0.15, 0.2) is 30.3 Å². The van der Waals surface area contributed by atoms with E-state index >= 15 is 0 Å². The van der Waals surface area contributed by atoms with Crippen LogP contribution in [0.5, 0.6) is 0 Å². The Hall–Kier alpha value is -1.51. The highest BCUT2D eigenvalue weighted by molar-refractivity contribution is 5.61. The zero-order chi connectivity index (χ0) is 10.4.